The lowest BCUT2D eigenvalue weighted by atomic mass is 10.2. The van der Waals surface area contributed by atoms with Crippen LogP contribution in [0, 0.1) is 0 Å². The average Bonchev–Trinajstić information content (AvgIpc) is 3.05. The molecular formula is C20H24N3OS+. The summed E-state index contributed by atoms with van der Waals surface area (Å²) >= 11 is 1.66. The van der Waals surface area contributed by atoms with E-state index in [1.165, 1.54) is 10.5 Å². The first-order chi connectivity index (χ1) is 12.0. The normalized spacial score (nSPS) is 13.6. The molecule has 0 aliphatic rings. The molecule has 1 aromatic heterocycles. The SMILES string of the molecule is C[C@H](c1nc2ccccc2s1)N(C)C(=O)C[NH+](C)Cc1ccccc1. The molecule has 1 unspecified atom stereocenters. The summed E-state index contributed by atoms with van der Waals surface area (Å²) in [4.78, 5) is 20.3. The van der Waals surface area contributed by atoms with Crippen LogP contribution in [-0.4, -0.2) is 36.4 Å². The van der Waals surface area contributed by atoms with Crippen LogP contribution in [0.3, 0.4) is 0 Å². The average molecular weight is 354 g/mol. The lowest BCUT2D eigenvalue weighted by molar-refractivity contribution is -0.885. The number of aromatic nitrogens is 1. The van der Waals surface area contributed by atoms with Gasteiger partial charge in [0.2, 0.25) is 0 Å². The fourth-order valence-corrected chi connectivity index (χ4v) is 3.90. The van der Waals surface area contributed by atoms with E-state index in [1.807, 2.05) is 55.3 Å². The van der Waals surface area contributed by atoms with Crippen LogP contribution in [0.2, 0.25) is 0 Å². The molecule has 1 N–H and O–H groups in total. The Morgan fingerprint density at radius 2 is 1.84 bits per heavy atom. The number of carbonyl (C=O) groups is 1. The quantitative estimate of drug-likeness (QED) is 0.739. The van der Waals surface area contributed by atoms with Gasteiger partial charge in [-0.2, -0.15) is 0 Å². The Labute approximate surface area is 152 Å². The Bertz CT molecular complexity index is 813. The Balaban J connectivity index is 1.62. The molecule has 0 bridgehead atoms. The number of hydrogen-bond acceptors (Lipinski definition) is 3. The highest BCUT2D eigenvalue weighted by atomic mass is 32.1. The smallest absolute Gasteiger partial charge is 0.278 e. The van der Waals surface area contributed by atoms with E-state index in [2.05, 4.69) is 30.2 Å². The number of para-hydroxylation sites is 1. The maximum Gasteiger partial charge on any atom is 0.278 e. The van der Waals surface area contributed by atoms with Gasteiger partial charge in [0.25, 0.3) is 5.91 Å². The molecule has 4 nitrogen and oxygen atoms in total. The molecule has 3 aromatic rings. The number of benzene rings is 2. The fraction of sp³-hybridized carbons (Fsp3) is 0.300. The summed E-state index contributed by atoms with van der Waals surface area (Å²) in [6, 6.07) is 18.4. The van der Waals surface area contributed by atoms with Gasteiger partial charge in [-0.3, -0.25) is 4.79 Å². The van der Waals surface area contributed by atoms with Crippen LogP contribution in [-0.2, 0) is 11.3 Å². The van der Waals surface area contributed by atoms with E-state index < -0.39 is 0 Å². The minimum atomic E-state index is -0.0191. The number of thiazole rings is 1. The van der Waals surface area contributed by atoms with Gasteiger partial charge in [-0.25, -0.2) is 4.98 Å². The second-order valence-corrected chi connectivity index (χ2v) is 7.56. The van der Waals surface area contributed by atoms with Crippen molar-refractivity contribution in [1.82, 2.24) is 9.88 Å². The van der Waals surface area contributed by atoms with Crippen molar-refractivity contribution in [3.05, 3.63) is 65.2 Å². The van der Waals surface area contributed by atoms with Crippen LogP contribution in [0.15, 0.2) is 54.6 Å². The van der Waals surface area contributed by atoms with Crippen molar-refractivity contribution in [2.45, 2.75) is 19.5 Å². The summed E-state index contributed by atoms with van der Waals surface area (Å²) in [5.41, 5.74) is 2.25. The highest BCUT2D eigenvalue weighted by Gasteiger charge is 2.23. The number of amides is 1. The minimum absolute atomic E-state index is 0.0191. The third-order valence-corrected chi connectivity index (χ3v) is 5.65. The van der Waals surface area contributed by atoms with Gasteiger partial charge in [-0.1, -0.05) is 42.5 Å². The summed E-state index contributed by atoms with van der Waals surface area (Å²) in [5, 5.41) is 0.984. The molecule has 1 amide bonds. The Morgan fingerprint density at radius 1 is 1.16 bits per heavy atom. The maximum absolute atomic E-state index is 12.7. The number of nitrogens with one attached hydrogen (secondary N) is 1. The van der Waals surface area contributed by atoms with Crippen LogP contribution >= 0.6 is 11.3 Å². The first-order valence-electron chi connectivity index (χ1n) is 8.51. The van der Waals surface area contributed by atoms with Crippen molar-refractivity contribution in [3.8, 4) is 0 Å². The topological polar surface area (TPSA) is 37.6 Å². The van der Waals surface area contributed by atoms with E-state index in [9.17, 15) is 4.79 Å². The number of likely N-dealkylation sites (N-methyl/N-ethyl adjacent to an activating group) is 2. The van der Waals surface area contributed by atoms with E-state index in [1.54, 1.807) is 11.3 Å². The van der Waals surface area contributed by atoms with Crippen molar-refractivity contribution in [1.29, 1.82) is 0 Å². The molecule has 5 heteroatoms. The van der Waals surface area contributed by atoms with Gasteiger partial charge in [0.1, 0.15) is 11.6 Å². The van der Waals surface area contributed by atoms with Gasteiger partial charge in [0.05, 0.1) is 23.3 Å². The maximum atomic E-state index is 12.7. The highest BCUT2D eigenvalue weighted by molar-refractivity contribution is 7.18. The summed E-state index contributed by atoms with van der Waals surface area (Å²) in [7, 11) is 3.93. The Kier molecular flexibility index (Phi) is 5.46. The molecule has 2 aromatic carbocycles. The lowest BCUT2D eigenvalue weighted by Gasteiger charge is -2.24. The second-order valence-electron chi connectivity index (χ2n) is 6.50. The Morgan fingerprint density at radius 3 is 2.56 bits per heavy atom. The van der Waals surface area contributed by atoms with E-state index in [0.717, 1.165) is 21.8 Å². The van der Waals surface area contributed by atoms with E-state index in [4.69, 9.17) is 0 Å². The fourth-order valence-electron chi connectivity index (χ4n) is 2.84. The molecule has 25 heavy (non-hydrogen) atoms. The zero-order valence-electron chi connectivity index (χ0n) is 14.9. The van der Waals surface area contributed by atoms with Crippen molar-refractivity contribution in [3.63, 3.8) is 0 Å². The lowest BCUT2D eigenvalue weighted by Crippen LogP contribution is -3.08. The number of fused-ring (bicyclic) bond motifs is 1. The number of rotatable bonds is 6. The molecule has 130 valence electrons. The molecule has 3 rings (SSSR count). The van der Waals surface area contributed by atoms with Crippen LogP contribution in [0.1, 0.15) is 23.5 Å². The van der Waals surface area contributed by atoms with Crippen molar-refractivity contribution >= 4 is 27.5 Å². The zero-order valence-corrected chi connectivity index (χ0v) is 15.7. The second kappa shape index (κ2) is 7.76. The monoisotopic (exact) mass is 354 g/mol. The van der Waals surface area contributed by atoms with Crippen LogP contribution in [0.4, 0.5) is 0 Å². The molecule has 0 aliphatic heterocycles. The molecule has 0 fully saturated rings. The molecular weight excluding hydrogens is 330 g/mol. The first kappa shape index (κ1) is 17.6. The summed E-state index contributed by atoms with van der Waals surface area (Å²) in [6.07, 6.45) is 0. The van der Waals surface area contributed by atoms with Gasteiger partial charge in [0, 0.05) is 12.6 Å². The van der Waals surface area contributed by atoms with Gasteiger partial charge in [-0.05, 0) is 19.1 Å². The van der Waals surface area contributed by atoms with Gasteiger partial charge in [-0.15, -0.1) is 11.3 Å². The summed E-state index contributed by atoms with van der Waals surface area (Å²) in [5.74, 6) is 0.139. The summed E-state index contributed by atoms with van der Waals surface area (Å²) < 4.78 is 1.16. The van der Waals surface area contributed by atoms with E-state index in [0.29, 0.717) is 6.54 Å². The third kappa shape index (κ3) is 4.24. The number of hydrogen-bond donors (Lipinski definition) is 1. The van der Waals surface area contributed by atoms with Crippen LogP contribution in [0.25, 0.3) is 10.2 Å². The molecule has 0 saturated carbocycles. The minimum Gasteiger partial charge on any atom is -0.332 e. The van der Waals surface area contributed by atoms with Crippen LogP contribution < -0.4 is 4.90 Å². The van der Waals surface area contributed by atoms with Crippen molar-refractivity contribution in [2.75, 3.05) is 20.6 Å². The van der Waals surface area contributed by atoms with Crippen LogP contribution in [0.5, 0.6) is 0 Å². The standard InChI is InChI=1S/C20H23N3OS/c1-15(20-21-17-11-7-8-12-18(17)25-20)23(3)19(24)14-22(2)13-16-9-5-4-6-10-16/h4-12,15H,13-14H2,1-3H3/p+1/t15-/m1/s1. The predicted molar refractivity (Wildman–Crippen MR) is 103 cm³/mol. The van der Waals surface area contributed by atoms with Crippen molar-refractivity contribution in [2.24, 2.45) is 0 Å². The number of quaternary nitrogens is 1. The third-order valence-electron chi connectivity index (χ3n) is 4.44. The molecule has 1 heterocycles. The molecule has 0 aliphatic carbocycles. The van der Waals surface area contributed by atoms with Gasteiger partial charge in [0.15, 0.2) is 6.54 Å². The number of nitrogens with zero attached hydrogens (tertiary/aromatic N) is 2. The molecule has 0 radical (unpaired) electrons. The summed E-state index contributed by atoms with van der Waals surface area (Å²) in [6.45, 7) is 3.36. The highest BCUT2D eigenvalue weighted by Crippen LogP contribution is 2.28. The molecule has 0 saturated heterocycles. The molecule has 2 atom stereocenters. The van der Waals surface area contributed by atoms with E-state index in [-0.39, 0.29) is 11.9 Å². The van der Waals surface area contributed by atoms with Gasteiger partial charge < -0.3 is 9.80 Å². The number of carbonyl (C=O) groups excluding carboxylic acids is 1. The Hall–Kier alpha value is -2.24. The van der Waals surface area contributed by atoms with Gasteiger partial charge >= 0.3 is 0 Å². The molecule has 0 spiro atoms. The largest absolute Gasteiger partial charge is 0.332 e. The van der Waals surface area contributed by atoms with E-state index >= 15 is 0 Å². The van der Waals surface area contributed by atoms with Crippen molar-refractivity contribution < 1.29 is 9.69 Å². The first-order valence-corrected chi connectivity index (χ1v) is 9.32. The predicted octanol–water partition coefficient (Wildman–Crippen LogP) is 2.53. The zero-order chi connectivity index (χ0) is 17.8.